The number of nitriles is 3. The van der Waals surface area contributed by atoms with E-state index in [-0.39, 0.29) is 10.7 Å². The summed E-state index contributed by atoms with van der Waals surface area (Å²) in [6.45, 7) is 6.28. The maximum atomic E-state index is 9.05. The Morgan fingerprint density at radius 3 is 2.27 bits per heavy atom. The van der Waals surface area contributed by atoms with E-state index in [2.05, 4.69) is 41.6 Å². The summed E-state index contributed by atoms with van der Waals surface area (Å²) in [5, 5.41) is 30.3. The van der Waals surface area contributed by atoms with E-state index in [4.69, 9.17) is 27.4 Å². The normalized spacial score (nSPS) is 9.32. The van der Waals surface area contributed by atoms with Crippen LogP contribution in [0.4, 0.5) is 5.69 Å². The number of nitrogens with zero attached hydrogens (tertiary/aromatic N) is 4. The molecule has 0 heterocycles. The van der Waals surface area contributed by atoms with Crippen molar-refractivity contribution in [3.63, 3.8) is 0 Å². The second kappa shape index (κ2) is 7.30. The van der Waals surface area contributed by atoms with Crippen molar-refractivity contribution in [1.29, 1.82) is 15.8 Å². The third-order valence-electron chi connectivity index (χ3n) is 2.30. The number of hydrazone groups is 1. The van der Waals surface area contributed by atoms with E-state index >= 15 is 0 Å². The van der Waals surface area contributed by atoms with Crippen LogP contribution in [-0.4, -0.2) is 13.8 Å². The highest BCUT2D eigenvalue weighted by atomic mass is 35.5. The summed E-state index contributed by atoms with van der Waals surface area (Å²) in [5.41, 5.74) is 6.76. The van der Waals surface area contributed by atoms with Crippen molar-refractivity contribution in [2.24, 2.45) is 5.10 Å². The van der Waals surface area contributed by atoms with Gasteiger partial charge in [-0.3, -0.25) is 5.43 Å². The van der Waals surface area contributed by atoms with Crippen LogP contribution in [0.15, 0.2) is 17.2 Å². The molecule has 0 saturated heterocycles. The van der Waals surface area contributed by atoms with Crippen LogP contribution in [-0.2, 0) is 0 Å². The molecule has 0 unspecified atom stereocenters. The Morgan fingerprint density at radius 2 is 1.77 bits per heavy atom. The maximum Gasteiger partial charge on any atom is 0.237 e. The summed E-state index contributed by atoms with van der Waals surface area (Å²) in [5.74, 6) is 3.02. The van der Waals surface area contributed by atoms with Crippen molar-refractivity contribution in [2.75, 3.05) is 5.43 Å². The fourth-order valence-electron chi connectivity index (χ4n) is 1.30. The molecule has 1 rings (SSSR count). The first kappa shape index (κ1) is 17.3. The van der Waals surface area contributed by atoms with E-state index in [1.54, 1.807) is 18.2 Å². The molecule has 0 aromatic heterocycles. The Morgan fingerprint density at radius 1 is 1.14 bits per heavy atom. The smallest absolute Gasteiger partial charge is 0.237 e. The second-order valence-corrected chi connectivity index (χ2v) is 10.4. The van der Waals surface area contributed by atoms with Gasteiger partial charge in [0.1, 0.15) is 26.3 Å². The Kier molecular flexibility index (Phi) is 5.73. The van der Waals surface area contributed by atoms with E-state index in [0.717, 1.165) is 0 Å². The largest absolute Gasteiger partial charge is 0.275 e. The molecule has 5 nitrogen and oxygen atoms in total. The highest BCUT2D eigenvalue weighted by Gasteiger charge is 2.10. The molecule has 22 heavy (non-hydrogen) atoms. The number of anilines is 1. The van der Waals surface area contributed by atoms with Gasteiger partial charge in [-0.1, -0.05) is 37.2 Å². The van der Waals surface area contributed by atoms with Gasteiger partial charge in [0, 0.05) is 0 Å². The van der Waals surface area contributed by atoms with Crippen LogP contribution < -0.4 is 5.43 Å². The summed E-state index contributed by atoms with van der Waals surface area (Å²) in [6.07, 6.45) is 0. The molecule has 0 saturated carbocycles. The zero-order chi connectivity index (χ0) is 16.8. The van der Waals surface area contributed by atoms with Gasteiger partial charge < -0.3 is 0 Å². The molecule has 0 aliphatic heterocycles. The predicted octanol–water partition coefficient (Wildman–Crippen LogP) is 3.26. The molecule has 0 fully saturated rings. The van der Waals surface area contributed by atoms with E-state index in [0.29, 0.717) is 16.8 Å². The first-order valence-corrected chi connectivity index (χ1v) is 10.1. The Balaban J connectivity index is 3.37. The van der Waals surface area contributed by atoms with E-state index < -0.39 is 8.07 Å². The van der Waals surface area contributed by atoms with Crippen molar-refractivity contribution in [3.05, 3.63) is 28.3 Å². The molecular weight excluding hydrogens is 314 g/mol. The van der Waals surface area contributed by atoms with Crippen molar-refractivity contribution in [2.45, 2.75) is 19.6 Å². The third-order valence-corrected chi connectivity index (χ3v) is 3.49. The van der Waals surface area contributed by atoms with Gasteiger partial charge in [0.05, 0.1) is 21.8 Å². The van der Waals surface area contributed by atoms with Gasteiger partial charge in [0.15, 0.2) is 0 Å². The van der Waals surface area contributed by atoms with Crippen LogP contribution in [0.3, 0.4) is 0 Å². The second-order valence-electron chi connectivity index (χ2n) is 5.29. The minimum Gasteiger partial charge on any atom is -0.275 e. The molecule has 0 spiro atoms. The summed E-state index contributed by atoms with van der Waals surface area (Å²) in [4.78, 5) is 0. The number of hydrogen-bond donors (Lipinski definition) is 1. The Labute approximate surface area is 135 Å². The maximum absolute atomic E-state index is 9.05. The van der Waals surface area contributed by atoms with Crippen molar-refractivity contribution in [3.8, 4) is 29.7 Å². The third kappa shape index (κ3) is 4.96. The van der Waals surface area contributed by atoms with Crippen LogP contribution in [0.2, 0.25) is 24.7 Å². The first-order chi connectivity index (χ1) is 10.3. The molecule has 0 aliphatic rings. The minimum atomic E-state index is -1.61. The molecule has 7 heteroatoms. The first-order valence-electron chi connectivity index (χ1n) is 6.21. The molecule has 0 amide bonds. The number of rotatable bonds is 2. The van der Waals surface area contributed by atoms with Crippen molar-refractivity contribution >= 4 is 31.1 Å². The van der Waals surface area contributed by atoms with Gasteiger partial charge >= 0.3 is 0 Å². The predicted molar refractivity (Wildman–Crippen MR) is 88.7 cm³/mol. The fourth-order valence-corrected chi connectivity index (χ4v) is 2.02. The topological polar surface area (TPSA) is 95.8 Å². The van der Waals surface area contributed by atoms with Crippen LogP contribution in [0.25, 0.3) is 0 Å². The molecule has 0 aliphatic carbocycles. The van der Waals surface area contributed by atoms with Crippen LogP contribution in [0, 0.1) is 45.5 Å². The zero-order valence-electron chi connectivity index (χ0n) is 12.3. The monoisotopic (exact) mass is 325 g/mol. The lowest BCUT2D eigenvalue weighted by atomic mass is 10.1. The Hall–Kier alpha value is -2.77. The molecule has 1 aromatic carbocycles. The van der Waals surface area contributed by atoms with Crippen LogP contribution in [0.5, 0.6) is 0 Å². The minimum absolute atomic E-state index is 0.245. The number of nitrogens with one attached hydrogen (secondary N) is 1. The molecular formula is C15H12ClN5Si. The molecule has 108 valence electrons. The van der Waals surface area contributed by atoms with Crippen LogP contribution >= 0.6 is 11.6 Å². The molecule has 1 N–H and O–H groups in total. The number of hydrogen-bond acceptors (Lipinski definition) is 5. The lowest BCUT2D eigenvalue weighted by Gasteiger charge is -2.08. The van der Waals surface area contributed by atoms with Gasteiger partial charge in [0.25, 0.3) is 0 Å². The number of halogens is 1. The average molecular weight is 326 g/mol. The number of benzene rings is 1. The standard InChI is InChI=1S/C15H12ClN5Si/c1-22(2,3)5-4-11-6-12(8-17)14(16)7-15(11)21-20-13(9-18)10-19/h6-7,21H,1-3H3. The lowest BCUT2D eigenvalue weighted by molar-refractivity contribution is 1.32. The summed E-state index contributed by atoms with van der Waals surface area (Å²) < 4.78 is 0. The SMILES string of the molecule is C[Si](C)(C)C#Cc1cc(C#N)c(Cl)cc1NN=C(C#N)C#N. The quantitative estimate of drug-likeness (QED) is 0.390. The van der Waals surface area contributed by atoms with Crippen LogP contribution in [0.1, 0.15) is 11.1 Å². The van der Waals surface area contributed by atoms with E-state index in [1.165, 1.54) is 6.07 Å². The zero-order valence-corrected chi connectivity index (χ0v) is 14.1. The fraction of sp³-hybridized carbons (Fsp3) is 0.200. The molecule has 1 aromatic rings. The van der Waals surface area contributed by atoms with Gasteiger partial charge in [-0.05, 0) is 12.1 Å². The Bertz CT molecular complexity index is 788. The molecule has 0 radical (unpaired) electrons. The lowest BCUT2D eigenvalue weighted by Crippen LogP contribution is -2.16. The molecule has 0 bridgehead atoms. The van der Waals surface area contributed by atoms with E-state index in [1.807, 2.05) is 6.07 Å². The van der Waals surface area contributed by atoms with Gasteiger partial charge in [0.2, 0.25) is 5.71 Å². The van der Waals surface area contributed by atoms with Crippen molar-refractivity contribution < 1.29 is 0 Å². The van der Waals surface area contributed by atoms with Gasteiger partial charge in [-0.25, -0.2) is 0 Å². The van der Waals surface area contributed by atoms with Crippen molar-refractivity contribution in [1.82, 2.24) is 0 Å². The highest BCUT2D eigenvalue weighted by Crippen LogP contribution is 2.25. The highest BCUT2D eigenvalue weighted by molar-refractivity contribution is 6.83. The summed E-state index contributed by atoms with van der Waals surface area (Å²) >= 11 is 5.99. The van der Waals surface area contributed by atoms with E-state index in [9.17, 15) is 0 Å². The molecule has 0 atom stereocenters. The van der Waals surface area contributed by atoms with Gasteiger partial charge in [-0.15, -0.1) is 5.54 Å². The summed E-state index contributed by atoms with van der Waals surface area (Å²) in [6, 6.07) is 8.35. The van der Waals surface area contributed by atoms with Gasteiger partial charge in [-0.2, -0.15) is 20.9 Å². The average Bonchev–Trinajstić information content (AvgIpc) is 2.46. The summed E-state index contributed by atoms with van der Waals surface area (Å²) in [7, 11) is -1.61.